The molecule has 0 N–H and O–H groups in total. The van der Waals surface area contributed by atoms with Crippen molar-refractivity contribution in [3.63, 3.8) is 0 Å². The Hall–Kier alpha value is -0.320. The maximum atomic E-state index is 13.1. The molecule has 0 amide bonds. The average molecular weight is 271 g/mol. The van der Waals surface area contributed by atoms with E-state index in [2.05, 4.69) is 0 Å². The van der Waals surface area contributed by atoms with Gasteiger partial charge in [-0.2, -0.15) is 0 Å². The minimum Gasteiger partial charge on any atom is -0.212 e. The van der Waals surface area contributed by atoms with Crippen LogP contribution in [0, 0.1) is 12.7 Å². The Morgan fingerprint density at radius 1 is 1.40 bits per heavy atom. The van der Waals surface area contributed by atoms with E-state index in [4.69, 9.17) is 22.3 Å². The monoisotopic (exact) mass is 270 g/mol. The quantitative estimate of drug-likeness (QED) is 0.792. The molecule has 2 nitrogen and oxygen atoms in total. The summed E-state index contributed by atoms with van der Waals surface area (Å²) in [6.07, 6.45) is 0.186. The molecule has 1 rings (SSSR count). The Morgan fingerprint density at radius 3 is 2.53 bits per heavy atom. The molecule has 0 aliphatic rings. The number of rotatable bonds is 3. The van der Waals surface area contributed by atoms with Crippen molar-refractivity contribution in [1.29, 1.82) is 0 Å². The third-order valence-electron chi connectivity index (χ3n) is 1.99. The third kappa shape index (κ3) is 3.97. The molecule has 0 unspecified atom stereocenters. The van der Waals surface area contributed by atoms with Crippen molar-refractivity contribution in [2.24, 2.45) is 0 Å². The molecule has 84 valence electrons. The predicted octanol–water partition coefficient (Wildman–Crippen LogP) is 2.90. The lowest BCUT2D eigenvalue weighted by atomic mass is 10.1. The van der Waals surface area contributed by atoms with Gasteiger partial charge < -0.3 is 0 Å². The number of aryl methyl sites for hydroxylation is 2. The fourth-order valence-corrected chi connectivity index (χ4v) is 2.10. The van der Waals surface area contributed by atoms with E-state index >= 15 is 0 Å². The Bertz CT molecular complexity index is 471. The molecule has 6 heteroatoms. The van der Waals surface area contributed by atoms with Gasteiger partial charge in [-0.3, -0.25) is 0 Å². The van der Waals surface area contributed by atoms with Gasteiger partial charge in [0, 0.05) is 10.7 Å². The molecule has 1 aromatic rings. The topological polar surface area (TPSA) is 34.1 Å². The molecule has 0 aliphatic carbocycles. The molecule has 0 bridgehead atoms. The summed E-state index contributed by atoms with van der Waals surface area (Å²) in [7, 11) is 1.51. The second kappa shape index (κ2) is 4.68. The zero-order valence-corrected chi connectivity index (χ0v) is 10.3. The normalized spacial score (nSPS) is 11.7. The fourth-order valence-electron chi connectivity index (χ4n) is 1.19. The van der Waals surface area contributed by atoms with E-state index in [9.17, 15) is 12.8 Å². The highest BCUT2D eigenvalue weighted by molar-refractivity contribution is 8.13. The molecule has 0 radical (unpaired) electrons. The van der Waals surface area contributed by atoms with Crippen LogP contribution in [0.5, 0.6) is 0 Å². The Morgan fingerprint density at radius 2 is 2.00 bits per heavy atom. The number of halogens is 3. The predicted molar refractivity (Wildman–Crippen MR) is 59.5 cm³/mol. The van der Waals surface area contributed by atoms with Crippen LogP contribution in [0.1, 0.15) is 11.1 Å². The SMILES string of the molecule is Cc1cc(Cl)c(F)cc1CCS(=O)(=O)Cl. The van der Waals surface area contributed by atoms with Crippen LogP contribution in [0.3, 0.4) is 0 Å². The smallest absolute Gasteiger partial charge is 0.212 e. The van der Waals surface area contributed by atoms with Gasteiger partial charge in [0.15, 0.2) is 0 Å². The Labute approximate surface area is 97.4 Å². The summed E-state index contributed by atoms with van der Waals surface area (Å²) in [5.74, 6) is -0.763. The number of benzene rings is 1. The zero-order valence-electron chi connectivity index (χ0n) is 7.93. The first-order chi connectivity index (χ1) is 6.79. The lowest BCUT2D eigenvalue weighted by Crippen LogP contribution is -2.03. The van der Waals surface area contributed by atoms with E-state index in [0.29, 0.717) is 5.56 Å². The summed E-state index contributed by atoms with van der Waals surface area (Å²) >= 11 is 5.56. The molecule has 0 atom stereocenters. The fraction of sp³-hybridized carbons (Fsp3) is 0.333. The lowest BCUT2D eigenvalue weighted by molar-refractivity contribution is 0.607. The van der Waals surface area contributed by atoms with Gasteiger partial charge in [-0.25, -0.2) is 12.8 Å². The standard InChI is InChI=1S/C9H9Cl2FO2S/c1-6-4-8(10)9(12)5-7(6)2-3-15(11,13)14/h4-5H,2-3H2,1H3. The largest absolute Gasteiger partial charge is 0.232 e. The highest BCUT2D eigenvalue weighted by atomic mass is 35.7. The van der Waals surface area contributed by atoms with Gasteiger partial charge in [-0.05, 0) is 36.6 Å². The zero-order chi connectivity index (χ0) is 11.6. The molecule has 0 saturated heterocycles. The van der Waals surface area contributed by atoms with Gasteiger partial charge in [0.2, 0.25) is 9.05 Å². The molecule has 15 heavy (non-hydrogen) atoms. The average Bonchev–Trinajstić information content (AvgIpc) is 2.07. The van der Waals surface area contributed by atoms with E-state index in [1.807, 2.05) is 0 Å². The van der Waals surface area contributed by atoms with Crippen molar-refractivity contribution in [2.45, 2.75) is 13.3 Å². The minimum absolute atomic E-state index is 0.0324. The summed E-state index contributed by atoms with van der Waals surface area (Å²) < 4.78 is 34.5. The maximum absolute atomic E-state index is 13.1. The van der Waals surface area contributed by atoms with Gasteiger partial charge in [0.05, 0.1) is 10.8 Å². The molecule has 0 fully saturated rings. The number of hydrogen-bond donors (Lipinski definition) is 0. The summed E-state index contributed by atoms with van der Waals surface area (Å²) in [5, 5.41) is 0.0324. The Kier molecular flexibility index (Phi) is 3.98. The van der Waals surface area contributed by atoms with E-state index in [1.165, 1.54) is 12.1 Å². The molecule has 0 aromatic heterocycles. The second-order valence-corrected chi connectivity index (χ2v) is 6.49. The van der Waals surface area contributed by atoms with Crippen molar-refractivity contribution in [3.8, 4) is 0 Å². The summed E-state index contributed by atoms with van der Waals surface area (Å²) in [5.41, 5.74) is 1.35. The second-order valence-electron chi connectivity index (χ2n) is 3.19. The van der Waals surface area contributed by atoms with Crippen LogP contribution < -0.4 is 0 Å². The van der Waals surface area contributed by atoms with Crippen molar-refractivity contribution >= 4 is 31.3 Å². The maximum Gasteiger partial charge on any atom is 0.232 e. The van der Waals surface area contributed by atoms with Crippen LogP contribution in [0.4, 0.5) is 4.39 Å². The molecule has 0 saturated carbocycles. The number of hydrogen-bond acceptors (Lipinski definition) is 2. The summed E-state index contributed by atoms with van der Waals surface area (Å²) in [4.78, 5) is 0. The molecular formula is C9H9Cl2FO2S. The molecule has 1 aromatic carbocycles. The molecule has 0 heterocycles. The van der Waals surface area contributed by atoms with Crippen molar-refractivity contribution in [3.05, 3.63) is 34.1 Å². The highest BCUT2D eigenvalue weighted by Gasteiger charge is 2.10. The summed E-state index contributed by atoms with van der Waals surface area (Å²) in [6.45, 7) is 1.74. The van der Waals surface area contributed by atoms with E-state index in [0.717, 1.165) is 5.56 Å². The van der Waals surface area contributed by atoms with Crippen LogP contribution >= 0.6 is 22.3 Å². The van der Waals surface area contributed by atoms with Gasteiger partial charge in [-0.1, -0.05) is 11.6 Å². The Balaban J connectivity index is 2.91. The minimum atomic E-state index is -3.55. The van der Waals surface area contributed by atoms with Crippen LogP contribution in [0.25, 0.3) is 0 Å². The van der Waals surface area contributed by atoms with Crippen LogP contribution in [0.15, 0.2) is 12.1 Å². The van der Waals surface area contributed by atoms with Gasteiger partial charge in [0.1, 0.15) is 5.82 Å². The molecular weight excluding hydrogens is 262 g/mol. The van der Waals surface area contributed by atoms with E-state index in [1.54, 1.807) is 6.92 Å². The molecule has 0 aliphatic heterocycles. The van der Waals surface area contributed by atoms with E-state index in [-0.39, 0.29) is 17.2 Å². The third-order valence-corrected chi connectivity index (χ3v) is 3.44. The first-order valence-corrected chi connectivity index (χ1v) is 7.02. The van der Waals surface area contributed by atoms with Crippen LogP contribution in [-0.4, -0.2) is 14.2 Å². The highest BCUT2D eigenvalue weighted by Crippen LogP contribution is 2.20. The van der Waals surface area contributed by atoms with Crippen molar-refractivity contribution < 1.29 is 12.8 Å². The first-order valence-electron chi connectivity index (χ1n) is 4.16. The van der Waals surface area contributed by atoms with Crippen LogP contribution in [0.2, 0.25) is 5.02 Å². The lowest BCUT2D eigenvalue weighted by Gasteiger charge is -2.05. The van der Waals surface area contributed by atoms with Crippen molar-refractivity contribution in [1.82, 2.24) is 0 Å². The summed E-state index contributed by atoms with van der Waals surface area (Å²) in [6, 6.07) is 2.70. The van der Waals surface area contributed by atoms with Crippen LogP contribution in [-0.2, 0) is 15.5 Å². The first kappa shape index (κ1) is 12.7. The van der Waals surface area contributed by atoms with Crippen molar-refractivity contribution in [2.75, 3.05) is 5.75 Å². The van der Waals surface area contributed by atoms with E-state index < -0.39 is 14.9 Å². The molecule has 0 spiro atoms. The van der Waals surface area contributed by atoms with Gasteiger partial charge in [0.25, 0.3) is 0 Å². The van der Waals surface area contributed by atoms with Gasteiger partial charge >= 0.3 is 0 Å². The van der Waals surface area contributed by atoms with Gasteiger partial charge in [-0.15, -0.1) is 0 Å².